The van der Waals surface area contributed by atoms with Gasteiger partial charge in [-0.3, -0.25) is 0 Å². The van der Waals surface area contributed by atoms with Gasteiger partial charge in [0, 0.05) is 11.6 Å². The Labute approximate surface area is 115 Å². The lowest BCUT2D eigenvalue weighted by Crippen LogP contribution is -2.45. The summed E-state index contributed by atoms with van der Waals surface area (Å²) in [6, 6.07) is 0. The Balaban J connectivity index is 0. The van der Waals surface area contributed by atoms with E-state index in [4.69, 9.17) is 5.11 Å². The maximum atomic E-state index is 12.4. The Bertz CT molecular complexity index is 390. The number of rotatable bonds is 5. The van der Waals surface area contributed by atoms with E-state index in [9.17, 15) is 35.9 Å². The number of ether oxygens (including phenoxy) is 1. The minimum Gasteiger partial charge on any atom is -0.478 e. The van der Waals surface area contributed by atoms with E-state index in [0.29, 0.717) is 6.08 Å². The molecule has 0 fully saturated rings. The summed E-state index contributed by atoms with van der Waals surface area (Å²) >= 11 is 0. The van der Waals surface area contributed by atoms with Gasteiger partial charge in [-0.15, -0.1) is 0 Å². The van der Waals surface area contributed by atoms with Gasteiger partial charge < -0.3 is 9.84 Å². The molecule has 10 heteroatoms. The number of alkyl halides is 6. The van der Waals surface area contributed by atoms with E-state index in [1.807, 2.05) is 0 Å². The van der Waals surface area contributed by atoms with E-state index in [1.54, 1.807) is 0 Å². The number of esters is 1. The highest BCUT2D eigenvalue weighted by Crippen LogP contribution is 2.34. The lowest BCUT2D eigenvalue weighted by atomic mass is 10.2. The van der Waals surface area contributed by atoms with Crippen LogP contribution in [0.25, 0.3) is 0 Å². The van der Waals surface area contributed by atoms with E-state index < -0.39 is 36.8 Å². The second kappa shape index (κ2) is 8.32. The fraction of sp³-hybridized carbons (Fsp3) is 0.455. The molecule has 0 heterocycles. The summed E-state index contributed by atoms with van der Waals surface area (Å²) in [4.78, 5) is 19.9. The first kappa shape index (κ1) is 21.3. The number of carbonyl (C=O) groups excluding carboxylic acids is 1. The molecule has 0 amide bonds. The Morgan fingerprint density at radius 2 is 1.67 bits per heavy atom. The van der Waals surface area contributed by atoms with Crippen LogP contribution in [0.3, 0.4) is 0 Å². The maximum absolute atomic E-state index is 12.4. The summed E-state index contributed by atoms with van der Waals surface area (Å²) in [5, 5.41) is 7.89. The molecule has 0 saturated carbocycles. The van der Waals surface area contributed by atoms with Crippen molar-refractivity contribution >= 4 is 11.9 Å². The van der Waals surface area contributed by atoms with Gasteiger partial charge in [0.1, 0.15) is 0 Å². The fourth-order valence-corrected chi connectivity index (χ4v) is 0.539. The highest BCUT2D eigenvalue weighted by atomic mass is 19.4. The molecule has 0 aromatic heterocycles. The van der Waals surface area contributed by atoms with E-state index in [2.05, 4.69) is 17.9 Å². The molecular formula is C11H12F6O4. The Morgan fingerprint density at radius 3 is 1.90 bits per heavy atom. The average Bonchev–Trinajstić information content (AvgIpc) is 2.34. The number of hydrogen-bond acceptors (Lipinski definition) is 3. The summed E-state index contributed by atoms with van der Waals surface area (Å²) in [5.41, 5.74) is 0.176. The van der Waals surface area contributed by atoms with Crippen LogP contribution in [-0.2, 0) is 14.3 Å². The molecular weight excluding hydrogens is 310 g/mol. The highest BCUT2D eigenvalue weighted by molar-refractivity contribution is 5.84. The first-order valence-corrected chi connectivity index (χ1v) is 5.02. The molecule has 0 rings (SSSR count). The molecule has 0 aromatic rings. The van der Waals surface area contributed by atoms with Crippen LogP contribution in [0.1, 0.15) is 6.92 Å². The predicted octanol–water partition coefficient (Wildman–Crippen LogP) is 2.90. The molecule has 4 nitrogen and oxygen atoms in total. The van der Waals surface area contributed by atoms with Gasteiger partial charge in [0.15, 0.2) is 6.61 Å². The van der Waals surface area contributed by atoms with Crippen molar-refractivity contribution < 1.29 is 45.8 Å². The van der Waals surface area contributed by atoms with Crippen LogP contribution >= 0.6 is 0 Å². The highest BCUT2D eigenvalue weighted by Gasteiger charge is 2.57. The Kier molecular flexibility index (Phi) is 8.44. The predicted molar refractivity (Wildman–Crippen MR) is 59.5 cm³/mol. The van der Waals surface area contributed by atoms with Gasteiger partial charge in [-0.2, -0.15) is 22.0 Å². The van der Waals surface area contributed by atoms with Crippen LogP contribution in [0.5, 0.6) is 0 Å². The number of hydrogen-bond donors (Lipinski definition) is 1. The molecule has 1 N–H and O–H groups in total. The molecule has 0 aliphatic heterocycles. The fourth-order valence-electron chi connectivity index (χ4n) is 0.539. The minimum absolute atomic E-state index is 0.176. The SMILES string of the molecule is C=C(C)C(=O)O.C=CC(=O)OCC(F)(F)C(F)C(F)(F)F. The summed E-state index contributed by atoms with van der Waals surface area (Å²) in [6.45, 7) is 5.43. The third kappa shape index (κ3) is 9.52. The van der Waals surface area contributed by atoms with Crippen molar-refractivity contribution in [3.63, 3.8) is 0 Å². The van der Waals surface area contributed by atoms with Gasteiger partial charge in [0.05, 0.1) is 0 Å². The van der Waals surface area contributed by atoms with Gasteiger partial charge in [-0.1, -0.05) is 13.2 Å². The second-order valence-corrected chi connectivity index (χ2v) is 3.56. The largest absolute Gasteiger partial charge is 0.478 e. The smallest absolute Gasteiger partial charge is 0.425 e. The normalized spacial score (nSPS) is 12.5. The van der Waals surface area contributed by atoms with E-state index in [-0.39, 0.29) is 5.57 Å². The second-order valence-electron chi connectivity index (χ2n) is 3.56. The van der Waals surface area contributed by atoms with Crippen molar-refractivity contribution in [2.75, 3.05) is 6.61 Å². The van der Waals surface area contributed by atoms with Crippen molar-refractivity contribution in [1.82, 2.24) is 0 Å². The van der Waals surface area contributed by atoms with Gasteiger partial charge in [-0.05, 0) is 6.92 Å². The van der Waals surface area contributed by atoms with E-state index >= 15 is 0 Å². The Hall–Kier alpha value is -2.00. The van der Waals surface area contributed by atoms with Crippen LogP contribution in [0.4, 0.5) is 26.3 Å². The zero-order chi connectivity index (χ0) is 17.4. The molecule has 1 atom stereocenters. The molecule has 21 heavy (non-hydrogen) atoms. The molecule has 0 spiro atoms. The molecule has 0 radical (unpaired) electrons. The van der Waals surface area contributed by atoms with E-state index in [0.717, 1.165) is 0 Å². The standard InChI is InChI=1S/C7H6F6O2.C4H6O2/c1-2-4(14)15-3-6(9,10)5(8)7(11,12)13;1-3(2)4(5)6/h2,5H,1,3H2;1H2,2H3,(H,5,6). The Morgan fingerprint density at radius 1 is 1.29 bits per heavy atom. The van der Waals surface area contributed by atoms with Crippen molar-refractivity contribution in [2.45, 2.75) is 25.2 Å². The summed E-state index contributed by atoms with van der Waals surface area (Å²) in [7, 11) is 0. The first-order chi connectivity index (χ1) is 9.25. The summed E-state index contributed by atoms with van der Waals surface area (Å²) < 4.78 is 75.2. The molecule has 0 aliphatic carbocycles. The zero-order valence-electron chi connectivity index (χ0n) is 10.7. The minimum atomic E-state index is -5.70. The third-order valence-electron chi connectivity index (χ3n) is 1.60. The van der Waals surface area contributed by atoms with Crippen LogP contribution in [0.2, 0.25) is 0 Å². The van der Waals surface area contributed by atoms with Crippen molar-refractivity contribution in [3.05, 3.63) is 24.8 Å². The lowest BCUT2D eigenvalue weighted by molar-refractivity contribution is -0.253. The molecule has 122 valence electrons. The van der Waals surface area contributed by atoms with Crippen molar-refractivity contribution in [3.8, 4) is 0 Å². The quantitative estimate of drug-likeness (QED) is 0.480. The number of carboxylic acids is 1. The van der Waals surface area contributed by atoms with Crippen LogP contribution in [-0.4, -0.2) is 41.9 Å². The molecule has 0 aliphatic rings. The molecule has 0 saturated heterocycles. The number of halogens is 6. The van der Waals surface area contributed by atoms with Crippen molar-refractivity contribution in [1.29, 1.82) is 0 Å². The number of carbonyl (C=O) groups is 2. The lowest BCUT2D eigenvalue weighted by Gasteiger charge is -2.21. The summed E-state index contributed by atoms with van der Waals surface area (Å²) in [6.07, 6.45) is -9.61. The third-order valence-corrected chi connectivity index (χ3v) is 1.60. The van der Waals surface area contributed by atoms with Gasteiger partial charge in [-0.25, -0.2) is 14.0 Å². The molecule has 0 aromatic carbocycles. The summed E-state index contributed by atoms with van der Waals surface area (Å²) in [5.74, 6) is -7.10. The topological polar surface area (TPSA) is 63.6 Å². The zero-order valence-corrected chi connectivity index (χ0v) is 10.7. The monoisotopic (exact) mass is 322 g/mol. The van der Waals surface area contributed by atoms with E-state index in [1.165, 1.54) is 6.92 Å². The van der Waals surface area contributed by atoms with Gasteiger partial charge in [0.25, 0.3) is 6.17 Å². The maximum Gasteiger partial charge on any atom is 0.425 e. The first-order valence-electron chi connectivity index (χ1n) is 5.02. The van der Waals surface area contributed by atoms with Gasteiger partial charge >= 0.3 is 24.0 Å². The molecule has 1 unspecified atom stereocenters. The van der Waals surface area contributed by atoms with Crippen LogP contribution in [0, 0.1) is 0 Å². The molecule has 0 bridgehead atoms. The average molecular weight is 322 g/mol. The van der Waals surface area contributed by atoms with Gasteiger partial charge in [0.2, 0.25) is 0 Å². The van der Waals surface area contributed by atoms with Crippen LogP contribution < -0.4 is 0 Å². The van der Waals surface area contributed by atoms with Crippen LogP contribution in [0.15, 0.2) is 24.8 Å². The van der Waals surface area contributed by atoms with Crippen molar-refractivity contribution in [2.24, 2.45) is 0 Å². The number of aliphatic carboxylic acids is 1. The number of carboxylic acid groups (broad SMARTS) is 1.